The largest absolute Gasteiger partial charge is 0.507 e. The second-order valence-electron chi connectivity index (χ2n) is 7.11. The fourth-order valence-electron chi connectivity index (χ4n) is 3.60. The van der Waals surface area contributed by atoms with Gasteiger partial charge in [0, 0.05) is 19.2 Å². The minimum absolute atomic E-state index is 0.0273. The van der Waals surface area contributed by atoms with Crippen LogP contribution >= 0.6 is 0 Å². The first-order chi connectivity index (χ1) is 15.5. The molecule has 1 atom stereocenters. The van der Waals surface area contributed by atoms with Crippen molar-refractivity contribution in [3.05, 3.63) is 77.9 Å². The van der Waals surface area contributed by atoms with Crippen molar-refractivity contribution in [2.24, 2.45) is 0 Å². The fraction of sp³-hybridized carbons (Fsp3) is 0.280. The maximum Gasteiger partial charge on any atom is 0.295 e. The Labute approximate surface area is 187 Å². The molecule has 7 nitrogen and oxygen atoms in total. The molecule has 1 saturated heterocycles. The van der Waals surface area contributed by atoms with Gasteiger partial charge in [-0.1, -0.05) is 36.9 Å². The van der Waals surface area contributed by atoms with E-state index < -0.39 is 17.7 Å². The Kier molecular flexibility index (Phi) is 7.68. The number of hydrogen-bond donors (Lipinski definition) is 1. The molecule has 0 aliphatic carbocycles. The van der Waals surface area contributed by atoms with E-state index in [4.69, 9.17) is 14.2 Å². The molecule has 1 amide bonds. The Morgan fingerprint density at radius 3 is 2.53 bits per heavy atom. The molecule has 32 heavy (non-hydrogen) atoms. The van der Waals surface area contributed by atoms with Crippen LogP contribution in [0.3, 0.4) is 0 Å². The first-order valence-electron chi connectivity index (χ1n) is 10.4. The summed E-state index contributed by atoms with van der Waals surface area (Å²) in [6, 6.07) is 13.1. The van der Waals surface area contributed by atoms with Gasteiger partial charge in [0.05, 0.1) is 24.8 Å². The third-order valence-corrected chi connectivity index (χ3v) is 5.06. The molecule has 0 bridgehead atoms. The number of hydrogen-bond acceptors (Lipinski definition) is 6. The number of carbonyl (C=O) groups excluding carboxylic acids is 2. The van der Waals surface area contributed by atoms with Crippen molar-refractivity contribution in [2.75, 3.05) is 33.5 Å². The highest BCUT2D eigenvalue weighted by atomic mass is 16.5. The van der Waals surface area contributed by atoms with Crippen LogP contribution in [0.1, 0.15) is 24.1 Å². The quantitative estimate of drug-likeness (QED) is 0.264. The molecule has 2 aromatic rings. The number of likely N-dealkylation sites (tertiary alicyclic amines) is 1. The lowest BCUT2D eigenvalue weighted by atomic mass is 9.95. The van der Waals surface area contributed by atoms with Gasteiger partial charge in [-0.3, -0.25) is 9.59 Å². The van der Waals surface area contributed by atoms with E-state index in [1.165, 1.54) is 12.0 Å². The van der Waals surface area contributed by atoms with Gasteiger partial charge in [-0.2, -0.15) is 0 Å². The molecule has 1 aliphatic heterocycles. The Morgan fingerprint density at radius 2 is 1.88 bits per heavy atom. The number of benzene rings is 2. The smallest absolute Gasteiger partial charge is 0.295 e. The summed E-state index contributed by atoms with van der Waals surface area (Å²) >= 11 is 0. The normalized spacial score (nSPS) is 17.4. The number of Topliss-reactive ketones (excluding diaryl/α,β-unsaturated/α-hetero) is 1. The molecule has 0 aromatic heterocycles. The van der Waals surface area contributed by atoms with E-state index in [0.717, 1.165) is 0 Å². The van der Waals surface area contributed by atoms with Gasteiger partial charge in [0.15, 0.2) is 0 Å². The Hall–Kier alpha value is -3.58. The highest BCUT2D eigenvalue weighted by Gasteiger charge is 2.45. The van der Waals surface area contributed by atoms with Crippen molar-refractivity contribution in [1.29, 1.82) is 0 Å². The summed E-state index contributed by atoms with van der Waals surface area (Å²) in [6.45, 7) is 6.77. The van der Waals surface area contributed by atoms with Crippen molar-refractivity contribution in [1.82, 2.24) is 4.90 Å². The van der Waals surface area contributed by atoms with Crippen LogP contribution in [0.25, 0.3) is 5.76 Å². The number of rotatable bonds is 10. The molecule has 1 N–H and O–H groups in total. The van der Waals surface area contributed by atoms with Crippen LogP contribution in [-0.4, -0.2) is 55.2 Å². The summed E-state index contributed by atoms with van der Waals surface area (Å²) in [7, 11) is 1.52. The zero-order valence-electron chi connectivity index (χ0n) is 18.2. The summed E-state index contributed by atoms with van der Waals surface area (Å²) in [5.74, 6) is -0.474. The van der Waals surface area contributed by atoms with Gasteiger partial charge in [-0.15, -0.1) is 0 Å². The predicted molar refractivity (Wildman–Crippen MR) is 121 cm³/mol. The van der Waals surface area contributed by atoms with Gasteiger partial charge in [0.1, 0.15) is 23.9 Å². The highest BCUT2D eigenvalue weighted by molar-refractivity contribution is 6.46. The van der Waals surface area contributed by atoms with Crippen LogP contribution in [0.4, 0.5) is 0 Å². The van der Waals surface area contributed by atoms with E-state index in [-0.39, 0.29) is 24.5 Å². The number of amides is 1. The van der Waals surface area contributed by atoms with Crippen molar-refractivity contribution < 1.29 is 28.9 Å². The second kappa shape index (κ2) is 10.6. The van der Waals surface area contributed by atoms with Crippen molar-refractivity contribution >= 4 is 17.4 Å². The third-order valence-electron chi connectivity index (χ3n) is 5.06. The summed E-state index contributed by atoms with van der Waals surface area (Å²) in [4.78, 5) is 27.2. The SMILES string of the molecule is C=CCOc1ccc(C2/C(=C(\O)c3cccc(OCC)c3)C(=O)C(=O)N2CCOC)cc1. The lowest BCUT2D eigenvalue weighted by Gasteiger charge is -2.25. The number of ketones is 1. The molecular formula is C25H27NO6. The molecular weight excluding hydrogens is 410 g/mol. The summed E-state index contributed by atoms with van der Waals surface area (Å²) in [5.41, 5.74) is 1.10. The van der Waals surface area contributed by atoms with Crippen molar-refractivity contribution in [3.63, 3.8) is 0 Å². The van der Waals surface area contributed by atoms with Gasteiger partial charge < -0.3 is 24.2 Å². The average molecular weight is 437 g/mol. The van der Waals surface area contributed by atoms with Gasteiger partial charge in [0.25, 0.3) is 11.7 Å². The van der Waals surface area contributed by atoms with E-state index in [1.54, 1.807) is 54.6 Å². The zero-order valence-corrected chi connectivity index (χ0v) is 18.2. The molecule has 2 aromatic carbocycles. The van der Waals surface area contributed by atoms with Crippen molar-refractivity contribution in [2.45, 2.75) is 13.0 Å². The maximum atomic E-state index is 13.0. The van der Waals surface area contributed by atoms with Gasteiger partial charge in [-0.25, -0.2) is 0 Å². The van der Waals surface area contributed by atoms with Gasteiger partial charge in [-0.05, 0) is 36.8 Å². The molecule has 0 spiro atoms. The van der Waals surface area contributed by atoms with Gasteiger partial charge >= 0.3 is 0 Å². The van der Waals surface area contributed by atoms with E-state index >= 15 is 0 Å². The predicted octanol–water partition coefficient (Wildman–Crippen LogP) is 3.72. The molecule has 1 fully saturated rings. The fourth-order valence-corrected chi connectivity index (χ4v) is 3.60. The average Bonchev–Trinajstić information content (AvgIpc) is 3.06. The number of methoxy groups -OCH3 is 1. The second-order valence-corrected chi connectivity index (χ2v) is 7.11. The Balaban J connectivity index is 2.08. The Bertz CT molecular complexity index is 1010. The van der Waals surface area contributed by atoms with Crippen molar-refractivity contribution in [3.8, 4) is 11.5 Å². The number of carbonyl (C=O) groups is 2. The summed E-state index contributed by atoms with van der Waals surface area (Å²) in [6.07, 6.45) is 1.64. The number of ether oxygens (including phenoxy) is 3. The first-order valence-corrected chi connectivity index (χ1v) is 10.4. The Morgan fingerprint density at radius 1 is 1.12 bits per heavy atom. The molecule has 1 unspecified atom stereocenters. The lowest BCUT2D eigenvalue weighted by molar-refractivity contribution is -0.140. The highest BCUT2D eigenvalue weighted by Crippen LogP contribution is 2.40. The minimum Gasteiger partial charge on any atom is -0.507 e. The van der Waals surface area contributed by atoms with E-state index in [0.29, 0.717) is 35.8 Å². The number of aliphatic hydroxyl groups excluding tert-OH is 1. The third kappa shape index (κ3) is 4.84. The molecule has 0 radical (unpaired) electrons. The van der Waals surface area contributed by atoms with E-state index in [1.807, 2.05) is 6.92 Å². The maximum absolute atomic E-state index is 13.0. The molecule has 0 saturated carbocycles. The lowest BCUT2D eigenvalue weighted by Crippen LogP contribution is -2.32. The van der Waals surface area contributed by atoms with Crippen LogP contribution in [0.5, 0.6) is 11.5 Å². The first kappa shape index (κ1) is 23.1. The van der Waals surface area contributed by atoms with E-state index in [9.17, 15) is 14.7 Å². The standard InChI is InChI=1S/C25H27NO6/c1-4-14-32-19-11-9-17(10-12-19)22-21(24(28)25(29)26(22)13-15-30-3)23(27)18-7-6-8-20(16-18)31-5-2/h4,6-12,16,22,27H,1,5,13-15H2,2-3H3/b23-21+. The minimum atomic E-state index is -0.755. The summed E-state index contributed by atoms with van der Waals surface area (Å²) in [5, 5.41) is 11.1. The number of aliphatic hydroxyl groups is 1. The van der Waals surface area contributed by atoms with E-state index in [2.05, 4.69) is 6.58 Å². The summed E-state index contributed by atoms with van der Waals surface area (Å²) < 4.78 is 16.2. The monoisotopic (exact) mass is 437 g/mol. The van der Waals surface area contributed by atoms with Crippen LogP contribution in [0, 0.1) is 0 Å². The zero-order chi connectivity index (χ0) is 23.1. The number of nitrogens with zero attached hydrogens (tertiary/aromatic N) is 1. The molecule has 7 heteroatoms. The van der Waals surface area contributed by atoms with Crippen LogP contribution in [0.2, 0.25) is 0 Å². The molecule has 1 heterocycles. The van der Waals surface area contributed by atoms with Gasteiger partial charge in [0.2, 0.25) is 0 Å². The molecule has 1 aliphatic rings. The van der Waals surface area contributed by atoms with Crippen LogP contribution < -0.4 is 9.47 Å². The topological polar surface area (TPSA) is 85.3 Å². The molecule has 3 rings (SSSR count). The van der Waals surface area contributed by atoms with Crippen LogP contribution in [0.15, 0.2) is 66.8 Å². The molecule has 168 valence electrons. The van der Waals surface area contributed by atoms with Crippen LogP contribution in [-0.2, 0) is 14.3 Å².